The van der Waals surface area contributed by atoms with Gasteiger partial charge in [0.2, 0.25) is 17.4 Å². The van der Waals surface area contributed by atoms with E-state index in [-0.39, 0.29) is 31.2 Å². The number of hydrogen-bond acceptors (Lipinski definition) is 6. The fraction of sp³-hybridized carbons (Fsp3) is 0.324. The van der Waals surface area contributed by atoms with Gasteiger partial charge in [-0.25, -0.2) is 0 Å². The number of aromatic nitrogens is 1. The van der Waals surface area contributed by atoms with E-state index < -0.39 is 36.4 Å². The van der Waals surface area contributed by atoms with E-state index >= 15 is 0 Å². The SMILES string of the molecule is CNCCOc1ccc2c(c1)[C@@H](C(=O)N1CCC(Oc3ccccc3-c3cc4c(C#N)cccc4[nH]3)(C(F)(F)F)CC1)CC(=O)N2. The molecular formula is C34H32F3N5O4. The van der Waals surface area contributed by atoms with E-state index in [1.54, 1.807) is 67.7 Å². The smallest absolute Gasteiger partial charge is 0.428 e. The van der Waals surface area contributed by atoms with Crippen LogP contribution in [0.1, 0.15) is 36.3 Å². The lowest BCUT2D eigenvalue weighted by Gasteiger charge is -2.43. The van der Waals surface area contributed by atoms with E-state index in [4.69, 9.17) is 9.47 Å². The molecule has 1 saturated heterocycles. The molecule has 0 saturated carbocycles. The minimum absolute atomic E-state index is 0.0355. The Bertz CT molecular complexity index is 1820. The number of halogens is 3. The number of nitrogens with one attached hydrogen (secondary N) is 3. The monoisotopic (exact) mass is 631 g/mol. The molecule has 0 spiro atoms. The van der Waals surface area contributed by atoms with Crippen LogP contribution in [-0.4, -0.2) is 66.8 Å². The van der Waals surface area contributed by atoms with Gasteiger partial charge in [-0.3, -0.25) is 9.59 Å². The third-order valence-corrected chi connectivity index (χ3v) is 8.65. The number of rotatable bonds is 8. The highest BCUT2D eigenvalue weighted by atomic mass is 19.4. The number of likely N-dealkylation sites (tertiary alicyclic amines) is 1. The molecule has 3 N–H and O–H groups in total. The van der Waals surface area contributed by atoms with Crippen molar-refractivity contribution in [3.63, 3.8) is 0 Å². The number of carbonyl (C=O) groups excluding carboxylic acids is 2. The van der Waals surface area contributed by atoms with Gasteiger partial charge >= 0.3 is 6.18 Å². The molecule has 3 aromatic carbocycles. The van der Waals surface area contributed by atoms with Crippen molar-refractivity contribution in [2.75, 3.05) is 38.6 Å². The van der Waals surface area contributed by atoms with Crippen molar-refractivity contribution in [2.24, 2.45) is 0 Å². The van der Waals surface area contributed by atoms with Crippen LogP contribution >= 0.6 is 0 Å². The number of carbonyl (C=O) groups is 2. The molecule has 46 heavy (non-hydrogen) atoms. The Labute approximate surface area is 263 Å². The first-order chi connectivity index (χ1) is 22.1. The Hall–Kier alpha value is -5.02. The van der Waals surface area contributed by atoms with Crippen LogP contribution in [0.15, 0.2) is 66.7 Å². The van der Waals surface area contributed by atoms with Crippen LogP contribution in [0.3, 0.4) is 0 Å². The van der Waals surface area contributed by atoms with Gasteiger partial charge in [-0.15, -0.1) is 0 Å². The Morgan fingerprint density at radius 3 is 2.63 bits per heavy atom. The third-order valence-electron chi connectivity index (χ3n) is 8.65. The maximum atomic E-state index is 14.8. The van der Waals surface area contributed by atoms with Crippen molar-refractivity contribution in [2.45, 2.75) is 37.0 Å². The fourth-order valence-electron chi connectivity index (χ4n) is 6.16. The van der Waals surface area contributed by atoms with Crippen LogP contribution in [-0.2, 0) is 9.59 Å². The molecule has 6 rings (SSSR count). The highest BCUT2D eigenvalue weighted by molar-refractivity contribution is 6.01. The molecule has 238 valence electrons. The highest BCUT2D eigenvalue weighted by Crippen LogP contribution is 2.45. The molecule has 4 aromatic rings. The van der Waals surface area contributed by atoms with Crippen LogP contribution in [0, 0.1) is 11.3 Å². The molecule has 3 heterocycles. The van der Waals surface area contributed by atoms with E-state index in [9.17, 15) is 28.0 Å². The van der Waals surface area contributed by atoms with Crippen molar-refractivity contribution in [1.82, 2.24) is 15.2 Å². The summed E-state index contributed by atoms with van der Waals surface area (Å²) in [7, 11) is 1.80. The Balaban J connectivity index is 1.24. The quantitative estimate of drug-likeness (QED) is 0.214. The van der Waals surface area contributed by atoms with Crippen LogP contribution < -0.4 is 20.1 Å². The number of aromatic amines is 1. The number of alkyl halides is 3. The summed E-state index contributed by atoms with van der Waals surface area (Å²) in [5, 5.41) is 15.9. The molecule has 2 amide bonds. The average Bonchev–Trinajstić information content (AvgIpc) is 3.49. The number of piperidine rings is 1. The number of fused-ring (bicyclic) bond motifs is 2. The highest BCUT2D eigenvalue weighted by Gasteiger charge is 2.59. The molecule has 2 aliphatic heterocycles. The van der Waals surface area contributed by atoms with Crippen molar-refractivity contribution in [1.29, 1.82) is 5.26 Å². The van der Waals surface area contributed by atoms with Crippen LogP contribution in [0.4, 0.5) is 18.9 Å². The summed E-state index contributed by atoms with van der Waals surface area (Å²) in [6.07, 6.45) is -5.82. The number of H-pyrrole nitrogens is 1. The number of likely N-dealkylation sites (N-methyl/N-ethyl adjacent to an activating group) is 1. The summed E-state index contributed by atoms with van der Waals surface area (Å²) in [6, 6.07) is 20.6. The fourth-order valence-corrected chi connectivity index (χ4v) is 6.16. The summed E-state index contributed by atoms with van der Waals surface area (Å²) < 4.78 is 56.2. The maximum Gasteiger partial charge on any atom is 0.428 e. The van der Waals surface area contributed by atoms with Gasteiger partial charge in [-0.2, -0.15) is 18.4 Å². The lowest BCUT2D eigenvalue weighted by Crippen LogP contribution is -2.58. The summed E-state index contributed by atoms with van der Waals surface area (Å²) in [4.78, 5) is 30.8. The molecular weight excluding hydrogens is 599 g/mol. The van der Waals surface area contributed by atoms with Gasteiger partial charge in [0.15, 0.2) is 0 Å². The molecule has 0 radical (unpaired) electrons. The van der Waals surface area contributed by atoms with E-state index in [0.29, 0.717) is 57.9 Å². The zero-order valence-electron chi connectivity index (χ0n) is 25.0. The van der Waals surface area contributed by atoms with Gasteiger partial charge in [0.05, 0.1) is 23.2 Å². The number of nitriles is 1. The van der Waals surface area contributed by atoms with Crippen molar-refractivity contribution in [3.05, 3.63) is 77.9 Å². The first-order valence-corrected chi connectivity index (χ1v) is 15.0. The van der Waals surface area contributed by atoms with Crippen molar-refractivity contribution >= 4 is 28.4 Å². The lowest BCUT2D eigenvalue weighted by molar-refractivity contribution is -0.260. The molecule has 0 unspecified atom stereocenters. The number of hydrogen-bond donors (Lipinski definition) is 3. The van der Waals surface area contributed by atoms with E-state index in [1.165, 1.54) is 11.0 Å². The van der Waals surface area contributed by atoms with Crippen molar-refractivity contribution in [3.8, 4) is 28.8 Å². The second-order valence-electron chi connectivity index (χ2n) is 11.5. The van der Waals surface area contributed by atoms with Gasteiger partial charge in [0.25, 0.3) is 0 Å². The zero-order chi connectivity index (χ0) is 32.5. The molecule has 1 aromatic heterocycles. The summed E-state index contributed by atoms with van der Waals surface area (Å²) in [5.74, 6) is -1.03. The minimum Gasteiger partial charge on any atom is -0.492 e. The Morgan fingerprint density at radius 2 is 1.89 bits per heavy atom. The number of nitrogens with zero attached hydrogens (tertiary/aromatic N) is 2. The summed E-state index contributed by atoms with van der Waals surface area (Å²) in [6.45, 7) is 0.603. The standard InChI is InChI=1S/C34H32F3N5O4/c1-39-13-16-45-22-9-10-28-25(17-22)26(19-31(43)41-28)32(44)42-14-11-33(12-15-42,34(35,36)37)46-30-8-3-2-6-23(30)29-18-24-21(20-38)5-4-7-27(24)40-29/h2-10,17-18,26,39-40H,11-16,19H2,1H3,(H,41,43)/t26-/m0/s1. The molecule has 0 bridgehead atoms. The molecule has 1 atom stereocenters. The Morgan fingerprint density at radius 1 is 1.11 bits per heavy atom. The van der Waals surface area contributed by atoms with Gasteiger partial charge in [-0.05, 0) is 61.1 Å². The number of ether oxygens (including phenoxy) is 2. The summed E-state index contributed by atoms with van der Waals surface area (Å²) in [5.41, 5.74) is 0.566. The maximum absolute atomic E-state index is 14.8. The van der Waals surface area contributed by atoms with E-state index in [2.05, 4.69) is 21.7 Å². The Kier molecular flexibility index (Phi) is 8.35. The lowest BCUT2D eigenvalue weighted by atomic mass is 9.86. The zero-order valence-corrected chi connectivity index (χ0v) is 25.0. The summed E-state index contributed by atoms with van der Waals surface area (Å²) >= 11 is 0. The topological polar surface area (TPSA) is 119 Å². The number of para-hydroxylation sites is 1. The number of amides is 2. The van der Waals surface area contributed by atoms with E-state index in [1.807, 2.05) is 0 Å². The van der Waals surface area contributed by atoms with Gasteiger partial charge in [0.1, 0.15) is 18.1 Å². The first kappa shape index (κ1) is 31.0. The molecule has 9 nitrogen and oxygen atoms in total. The molecule has 12 heteroatoms. The normalized spacial score (nSPS) is 17.6. The predicted octanol–water partition coefficient (Wildman–Crippen LogP) is 5.73. The third kappa shape index (κ3) is 5.86. The number of benzene rings is 3. The van der Waals surface area contributed by atoms with Crippen LogP contribution in [0.25, 0.3) is 22.2 Å². The second-order valence-corrected chi connectivity index (χ2v) is 11.5. The van der Waals surface area contributed by atoms with Crippen LogP contribution in [0.5, 0.6) is 11.5 Å². The second kappa shape index (κ2) is 12.4. The molecule has 0 aliphatic carbocycles. The first-order valence-electron chi connectivity index (χ1n) is 15.0. The number of anilines is 1. The largest absolute Gasteiger partial charge is 0.492 e. The predicted molar refractivity (Wildman–Crippen MR) is 166 cm³/mol. The van der Waals surface area contributed by atoms with Gasteiger partial charge in [-0.1, -0.05) is 18.2 Å². The van der Waals surface area contributed by atoms with Crippen LogP contribution in [0.2, 0.25) is 0 Å². The van der Waals surface area contributed by atoms with Gasteiger partial charge < -0.3 is 30.0 Å². The molecule has 1 fully saturated rings. The molecule has 2 aliphatic rings. The minimum atomic E-state index is -4.74. The average molecular weight is 632 g/mol. The van der Waals surface area contributed by atoms with E-state index in [0.717, 1.165) is 0 Å². The van der Waals surface area contributed by atoms with Gasteiger partial charge in [0, 0.05) is 61.1 Å². The van der Waals surface area contributed by atoms with Crippen molar-refractivity contribution < 1.29 is 32.2 Å².